The molecule has 0 aliphatic carbocycles. The van der Waals surface area contributed by atoms with E-state index in [1.165, 1.54) is 0 Å². The minimum atomic E-state index is -0.711. The molecule has 0 atom stereocenters. The van der Waals surface area contributed by atoms with Crippen molar-refractivity contribution in [2.45, 2.75) is 6.92 Å². The Morgan fingerprint density at radius 3 is 2.59 bits per heavy atom. The van der Waals surface area contributed by atoms with Gasteiger partial charge in [0.2, 0.25) is 13.4 Å². The molecule has 1 heterocycles. The monoisotopic (exact) mass is 400 g/mol. The highest BCUT2D eigenvalue weighted by Crippen LogP contribution is 2.32. The fraction of sp³-hybridized carbons (Fsp3) is 0.250. The van der Waals surface area contributed by atoms with Crippen molar-refractivity contribution in [2.24, 2.45) is 5.16 Å². The SMILES string of the molecule is COc1ccc(NC(=O)COC(=O)CO/N=C(\C)c2ccc3c(c2)OCO3)cc1. The molecule has 152 valence electrons. The zero-order valence-electron chi connectivity index (χ0n) is 16.0. The van der Waals surface area contributed by atoms with Gasteiger partial charge in [0.25, 0.3) is 5.91 Å². The van der Waals surface area contributed by atoms with Crippen LogP contribution in [0.1, 0.15) is 12.5 Å². The number of hydrogen-bond acceptors (Lipinski definition) is 8. The number of oxime groups is 1. The summed E-state index contributed by atoms with van der Waals surface area (Å²) in [7, 11) is 1.55. The Hall–Kier alpha value is -3.75. The Bertz CT molecular complexity index is 910. The van der Waals surface area contributed by atoms with E-state index in [2.05, 4.69) is 10.5 Å². The van der Waals surface area contributed by atoms with Crippen molar-refractivity contribution in [3.63, 3.8) is 0 Å². The van der Waals surface area contributed by atoms with E-state index in [1.807, 2.05) is 0 Å². The van der Waals surface area contributed by atoms with E-state index in [9.17, 15) is 9.59 Å². The van der Waals surface area contributed by atoms with Crippen LogP contribution in [-0.4, -0.2) is 44.7 Å². The number of benzene rings is 2. The molecule has 29 heavy (non-hydrogen) atoms. The van der Waals surface area contributed by atoms with Crippen molar-refractivity contribution in [2.75, 3.05) is 32.4 Å². The molecule has 0 unspecified atom stereocenters. The van der Waals surface area contributed by atoms with Crippen LogP contribution in [0, 0.1) is 0 Å². The maximum absolute atomic E-state index is 11.8. The van der Waals surface area contributed by atoms with E-state index in [1.54, 1.807) is 56.5 Å². The number of nitrogens with zero attached hydrogens (tertiary/aromatic N) is 1. The van der Waals surface area contributed by atoms with Gasteiger partial charge in [-0.3, -0.25) is 4.79 Å². The molecule has 2 aromatic rings. The molecule has 0 bridgehead atoms. The first-order chi connectivity index (χ1) is 14.0. The smallest absolute Gasteiger partial charge is 0.347 e. The normalized spacial score (nSPS) is 12.3. The Morgan fingerprint density at radius 1 is 1.07 bits per heavy atom. The summed E-state index contributed by atoms with van der Waals surface area (Å²) in [5.74, 6) is 0.780. The van der Waals surface area contributed by atoms with Crippen LogP contribution in [0.2, 0.25) is 0 Å². The average molecular weight is 400 g/mol. The van der Waals surface area contributed by atoms with E-state index in [4.69, 9.17) is 23.8 Å². The molecule has 0 aromatic heterocycles. The summed E-state index contributed by atoms with van der Waals surface area (Å²) in [6.07, 6.45) is 0. The molecule has 0 saturated carbocycles. The van der Waals surface area contributed by atoms with Gasteiger partial charge in [0.15, 0.2) is 18.1 Å². The third-order valence-electron chi connectivity index (χ3n) is 3.91. The predicted octanol–water partition coefficient (Wildman–Crippen LogP) is 2.35. The lowest BCUT2D eigenvalue weighted by Gasteiger charge is -2.07. The molecular formula is C20H20N2O7. The van der Waals surface area contributed by atoms with Gasteiger partial charge < -0.3 is 29.1 Å². The van der Waals surface area contributed by atoms with Gasteiger partial charge in [-0.2, -0.15) is 0 Å². The highest BCUT2D eigenvalue weighted by Gasteiger charge is 2.14. The van der Waals surface area contributed by atoms with Crippen LogP contribution < -0.4 is 19.5 Å². The average Bonchev–Trinajstić information content (AvgIpc) is 3.20. The number of carbonyl (C=O) groups is 2. The summed E-state index contributed by atoms with van der Waals surface area (Å²) in [4.78, 5) is 28.5. The van der Waals surface area contributed by atoms with E-state index < -0.39 is 25.1 Å². The maximum atomic E-state index is 11.8. The summed E-state index contributed by atoms with van der Waals surface area (Å²) in [5.41, 5.74) is 1.88. The molecule has 1 amide bonds. The lowest BCUT2D eigenvalue weighted by atomic mass is 10.1. The van der Waals surface area contributed by atoms with Crippen molar-refractivity contribution in [1.82, 2.24) is 0 Å². The number of ether oxygens (including phenoxy) is 4. The second-order valence-electron chi connectivity index (χ2n) is 5.96. The Kier molecular flexibility index (Phi) is 6.51. The zero-order chi connectivity index (χ0) is 20.6. The minimum Gasteiger partial charge on any atom is -0.497 e. The van der Waals surface area contributed by atoms with Crippen LogP contribution in [0.4, 0.5) is 5.69 Å². The quantitative estimate of drug-likeness (QED) is 0.412. The number of methoxy groups -OCH3 is 1. The van der Waals surface area contributed by atoms with Gasteiger partial charge in [0.05, 0.1) is 12.8 Å². The fourth-order valence-corrected chi connectivity index (χ4v) is 2.42. The molecule has 9 nitrogen and oxygen atoms in total. The van der Waals surface area contributed by atoms with Crippen LogP contribution in [0.3, 0.4) is 0 Å². The summed E-state index contributed by atoms with van der Waals surface area (Å²) in [5, 5.41) is 6.48. The topological polar surface area (TPSA) is 105 Å². The molecule has 0 spiro atoms. The van der Waals surface area contributed by atoms with Crippen molar-refractivity contribution < 1.29 is 33.4 Å². The number of amides is 1. The second-order valence-corrected chi connectivity index (χ2v) is 5.96. The van der Waals surface area contributed by atoms with Crippen LogP contribution in [0.25, 0.3) is 0 Å². The lowest BCUT2D eigenvalue weighted by molar-refractivity contribution is -0.151. The van der Waals surface area contributed by atoms with E-state index in [-0.39, 0.29) is 6.79 Å². The number of carbonyl (C=O) groups excluding carboxylic acids is 2. The summed E-state index contributed by atoms with van der Waals surface area (Å²) < 4.78 is 20.5. The highest BCUT2D eigenvalue weighted by molar-refractivity contribution is 5.99. The third kappa shape index (κ3) is 5.61. The summed E-state index contributed by atoms with van der Waals surface area (Å²) in [6.45, 7) is 1.06. The number of esters is 1. The van der Waals surface area contributed by atoms with Crippen molar-refractivity contribution in [3.05, 3.63) is 48.0 Å². The van der Waals surface area contributed by atoms with Crippen molar-refractivity contribution in [1.29, 1.82) is 0 Å². The number of nitrogens with one attached hydrogen (secondary N) is 1. The van der Waals surface area contributed by atoms with Gasteiger partial charge in [0.1, 0.15) is 5.75 Å². The molecule has 0 fully saturated rings. The van der Waals surface area contributed by atoms with E-state index in [0.29, 0.717) is 28.6 Å². The van der Waals surface area contributed by atoms with Crippen LogP contribution in [0.5, 0.6) is 17.2 Å². The van der Waals surface area contributed by atoms with Gasteiger partial charge >= 0.3 is 5.97 Å². The van der Waals surface area contributed by atoms with E-state index in [0.717, 1.165) is 5.56 Å². The molecule has 0 saturated heterocycles. The first-order valence-electron chi connectivity index (χ1n) is 8.71. The van der Waals surface area contributed by atoms with Gasteiger partial charge in [-0.1, -0.05) is 5.16 Å². The number of hydrogen-bond donors (Lipinski definition) is 1. The predicted molar refractivity (Wildman–Crippen MR) is 103 cm³/mol. The van der Waals surface area contributed by atoms with Crippen molar-refractivity contribution in [3.8, 4) is 17.2 Å². The minimum absolute atomic E-state index is 0.184. The van der Waals surface area contributed by atoms with Gasteiger partial charge in [-0.25, -0.2) is 4.79 Å². The molecule has 3 rings (SSSR count). The lowest BCUT2D eigenvalue weighted by Crippen LogP contribution is -2.22. The zero-order valence-corrected chi connectivity index (χ0v) is 16.0. The molecule has 1 aliphatic heterocycles. The molecule has 1 N–H and O–H groups in total. The molecule has 0 radical (unpaired) electrons. The summed E-state index contributed by atoms with van der Waals surface area (Å²) >= 11 is 0. The molecule has 2 aromatic carbocycles. The van der Waals surface area contributed by atoms with Crippen LogP contribution in [-0.2, 0) is 19.2 Å². The summed E-state index contributed by atoms with van der Waals surface area (Å²) in [6, 6.07) is 12.1. The van der Waals surface area contributed by atoms with E-state index >= 15 is 0 Å². The maximum Gasteiger partial charge on any atom is 0.347 e. The third-order valence-corrected chi connectivity index (χ3v) is 3.91. The largest absolute Gasteiger partial charge is 0.497 e. The van der Waals surface area contributed by atoms with Gasteiger partial charge in [-0.05, 0) is 49.4 Å². The number of rotatable bonds is 8. The first-order valence-corrected chi connectivity index (χ1v) is 8.71. The molecular weight excluding hydrogens is 380 g/mol. The number of anilines is 1. The Morgan fingerprint density at radius 2 is 1.83 bits per heavy atom. The fourth-order valence-electron chi connectivity index (χ4n) is 2.42. The number of fused-ring (bicyclic) bond motifs is 1. The van der Waals surface area contributed by atoms with Gasteiger partial charge in [0, 0.05) is 11.3 Å². The Labute approximate surface area is 167 Å². The van der Waals surface area contributed by atoms with Crippen molar-refractivity contribution >= 4 is 23.3 Å². The molecule has 9 heteroatoms. The van der Waals surface area contributed by atoms with Gasteiger partial charge in [-0.15, -0.1) is 0 Å². The molecule has 1 aliphatic rings. The first kappa shape index (κ1) is 20.0. The second kappa shape index (κ2) is 9.45. The van der Waals surface area contributed by atoms with Crippen LogP contribution in [0.15, 0.2) is 47.6 Å². The standard InChI is InChI=1S/C20H20N2O7/c1-13(14-3-8-17-18(9-14)28-12-27-17)22-29-11-20(24)26-10-19(23)21-15-4-6-16(25-2)7-5-15/h3-9H,10-12H2,1-2H3,(H,21,23)/b22-13+. The highest BCUT2D eigenvalue weighted by atomic mass is 16.7. The Balaban J connectivity index is 1.40. The van der Waals surface area contributed by atoms with Crippen LogP contribution >= 0.6 is 0 Å².